The summed E-state index contributed by atoms with van der Waals surface area (Å²) in [6.45, 7) is 2.55. The summed E-state index contributed by atoms with van der Waals surface area (Å²) < 4.78 is 0. The fourth-order valence-corrected chi connectivity index (χ4v) is 2.35. The van der Waals surface area contributed by atoms with E-state index in [1.165, 1.54) is 12.8 Å². The molecule has 2 N–H and O–H groups in total. The molecule has 1 saturated carbocycles. The molecule has 0 unspecified atom stereocenters. The molecule has 0 aromatic heterocycles. The summed E-state index contributed by atoms with van der Waals surface area (Å²) >= 11 is 0. The highest BCUT2D eigenvalue weighted by molar-refractivity contribution is 5.75. The van der Waals surface area contributed by atoms with E-state index in [9.17, 15) is 9.90 Å². The normalized spacial score (nSPS) is 24.7. The second-order valence-electron chi connectivity index (χ2n) is 4.87. The van der Waals surface area contributed by atoms with Gasteiger partial charge in [0.2, 0.25) is 5.91 Å². The topological polar surface area (TPSA) is 52.6 Å². The quantitative estimate of drug-likeness (QED) is 0.673. The molecule has 0 spiro atoms. The van der Waals surface area contributed by atoms with Gasteiger partial charge >= 0.3 is 0 Å². The minimum absolute atomic E-state index is 0.105. The Labute approximate surface area is 90.6 Å². The van der Waals surface area contributed by atoms with Crippen LogP contribution in [0, 0.1) is 5.92 Å². The number of nitrogens with zero attached hydrogens (tertiary/aromatic N) is 1. The van der Waals surface area contributed by atoms with Gasteiger partial charge in [-0.2, -0.15) is 0 Å². The van der Waals surface area contributed by atoms with Crippen molar-refractivity contribution in [3.8, 4) is 0 Å². The van der Waals surface area contributed by atoms with Crippen LogP contribution < -0.4 is 5.32 Å². The summed E-state index contributed by atoms with van der Waals surface area (Å²) in [5.74, 6) is 0.667. The summed E-state index contributed by atoms with van der Waals surface area (Å²) in [4.78, 5) is 13.2. The molecule has 1 heterocycles. The molecule has 2 rings (SSSR count). The van der Waals surface area contributed by atoms with Crippen LogP contribution in [-0.4, -0.2) is 48.2 Å². The van der Waals surface area contributed by atoms with Crippen LogP contribution in [0.3, 0.4) is 0 Å². The predicted octanol–water partition coefficient (Wildman–Crippen LogP) is -0.0307. The van der Waals surface area contributed by atoms with Crippen LogP contribution in [0.25, 0.3) is 0 Å². The summed E-state index contributed by atoms with van der Waals surface area (Å²) in [5, 5.41) is 12.7. The monoisotopic (exact) mass is 212 g/mol. The van der Waals surface area contributed by atoms with E-state index < -0.39 is 0 Å². The highest BCUT2D eigenvalue weighted by Gasteiger charge is 2.51. The van der Waals surface area contributed by atoms with E-state index in [4.69, 9.17) is 0 Å². The van der Waals surface area contributed by atoms with E-state index in [0.717, 1.165) is 26.1 Å². The first-order valence-corrected chi connectivity index (χ1v) is 5.79. The van der Waals surface area contributed by atoms with Gasteiger partial charge < -0.3 is 10.4 Å². The number of β-amino-alcohol motifs (C(OH)–C–C–N with tert-alkyl or cyclic N) is 1. The molecule has 0 aromatic rings. The molecule has 2 aliphatic rings. The molecule has 4 heteroatoms. The zero-order chi connectivity index (χ0) is 10.9. The predicted molar refractivity (Wildman–Crippen MR) is 57.4 cm³/mol. The summed E-state index contributed by atoms with van der Waals surface area (Å²) in [5.41, 5.74) is -0.382. The first kappa shape index (κ1) is 10.9. The van der Waals surface area contributed by atoms with Gasteiger partial charge in [-0.25, -0.2) is 0 Å². The van der Waals surface area contributed by atoms with Gasteiger partial charge in [-0.1, -0.05) is 0 Å². The number of amides is 1. The molecule has 2 fully saturated rings. The van der Waals surface area contributed by atoms with Crippen molar-refractivity contribution < 1.29 is 9.90 Å². The first-order chi connectivity index (χ1) is 7.14. The molecule has 1 amide bonds. The molecule has 4 nitrogen and oxygen atoms in total. The van der Waals surface area contributed by atoms with Gasteiger partial charge in [-0.3, -0.25) is 9.69 Å². The number of carbonyl (C=O) groups is 1. The molecule has 86 valence electrons. The summed E-state index contributed by atoms with van der Waals surface area (Å²) in [6.07, 6.45) is 3.88. The Hall–Kier alpha value is -0.610. The zero-order valence-corrected chi connectivity index (χ0v) is 9.33. The molecular weight excluding hydrogens is 192 g/mol. The lowest BCUT2D eigenvalue weighted by molar-refractivity contribution is -0.122. The molecule has 1 saturated heterocycles. The Morgan fingerprint density at radius 2 is 2.20 bits per heavy atom. The number of carbonyl (C=O) groups excluding carboxylic acids is 1. The van der Waals surface area contributed by atoms with Gasteiger partial charge in [-0.05, 0) is 31.7 Å². The average molecular weight is 212 g/mol. The van der Waals surface area contributed by atoms with Gasteiger partial charge in [0.05, 0.1) is 5.60 Å². The van der Waals surface area contributed by atoms with E-state index in [0.29, 0.717) is 12.3 Å². The second-order valence-corrected chi connectivity index (χ2v) is 4.87. The zero-order valence-electron chi connectivity index (χ0n) is 9.33. The molecule has 1 aliphatic carbocycles. The highest BCUT2D eigenvalue weighted by Crippen LogP contribution is 2.44. The van der Waals surface area contributed by atoms with Crippen LogP contribution >= 0.6 is 0 Å². The maximum absolute atomic E-state index is 11.0. The fourth-order valence-electron chi connectivity index (χ4n) is 2.35. The van der Waals surface area contributed by atoms with Crippen LogP contribution in [0.1, 0.15) is 25.7 Å². The van der Waals surface area contributed by atoms with Crippen LogP contribution in [0.15, 0.2) is 0 Å². The fraction of sp³-hybridized carbons (Fsp3) is 0.909. The van der Waals surface area contributed by atoms with Crippen molar-refractivity contribution in [2.24, 2.45) is 5.92 Å². The minimum Gasteiger partial charge on any atom is -0.387 e. The van der Waals surface area contributed by atoms with Crippen LogP contribution in [0.4, 0.5) is 0 Å². The van der Waals surface area contributed by atoms with Crippen molar-refractivity contribution in [3.05, 3.63) is 0 Å². The molecular formula is C11H20N2O2. The van der Waals surface area contributed by atoms with Crippen LogP contribution in [0.2, 0.25) is 0 Å². The van der Waals surface area contributed by atoms with Crippen molar-refractivity contribution in [2.75, 3.05) is 26.7 Å². The van der Waals surface area contributed by atoms with Gasteiger partial charge in [0.15, 0.2) is 0 Å². The minimum atomic E-state index is -0.382. The maximum Gasteiger partial charge on any atom is 0.219 e. The molecule has 1 aliphatic heterocycles. The van der Waals surface area contributed by atoms with Crippen molar-refractivity contribution in [1.29, 1.82) is 0 Å². The summed E-state index contributed by atoms with van der Waals surface area (Å²) in [6, 6.07) is 0. The molecule has 0 radical (unpaired) electrons. The van der Waals surface area contributed by atoms with Crippen molar-refractivity contribution in [3.63, 3.8) is 0 Å². The van der Waals surface area contributed by atoms with Crippen molar-refractivity contribution >= 4 is 5.91 Å². The number of hydrogen-bond donors (Lipinski definition) is 2. The first-order valence-electron chi connectivity index (χ1n) is 5.79. The molecule has 15 heavy (non-hydrogen) atoms. The second kappa shape index (κ2) is 4.10. The smallest absolute Gasteiger partial charge is 0.219 e. The third kappa shape index (κ3) is 2.49. The summed E-state index contributed by atoms with van der Waals surface area (Å²) in [7, 11) is 1.66. The van der Waals surface area contributed by atoms with Gasteiger partial charge in [0, 0.05) is 26.6 Å². The third-order valence-corrected chi connectivity index (χ3v) is 3.49. The number of nitrogens with one attached hydrogen (secondary N) is 1. The Morgan fingerprint density at radius 1 is 1.53 bits per heavy atom. The number of hydrogen-bond acceptors (Lipinski definition) is 3. The van der Waals surface area contributed by atoms with Gasteiger partial charge in [0.1, 0.15) is 0 Å². The van der Waals surface area contributed by atoms with E-state index in [-0.39, 0.29) is 11.5 Å². The lowest BCUT2D eigenvalue weighted by Gasteiger charge is -2.47. The van der Waals surface area contributed by atoms with E-state index in [1.54, 1.807) is 7.05 Å². The van der Waals surface area contributed by atoms with E-state index in [1.807, 2.05) is 0 Å². The lowest BCUT2D eigenvalue weighted by Crippen LogP contribution is -2.63. The Kier molecular flexibility index (Phi) is 2.98. The van der Waals surface area contributed by atoms with Gasteiger partial charge in [0.25, 0.3) is 0 Å². The SMILES string of the molecule is CNC(=O)CCCN1CC(O)(C2CC2)C1. The number of rotatable bonds is 5. The Morgan fingerprint density at radius 3 is 2.73 bits per heavy atom. The number of aliphatic hydroxyl groups is 1. The van der Waals surface area contributed by atoms with Crippen LogP contribution in [0.5, 0.6) is 0 Å². The molecule has 0 bridgehead atoms. The van der Waals surface area contributed by atoms with Crippen molar-refractivity contribution in [2.45, 2.75) is 31.3 Å². The standard InChI is InChI=1S/C11H20N2O2/c1-12-10(14)3-2-6-13-7-11(15,8-13)9-4-5-9/h9,15H,2-8H2,1H3,(H,12,14). The van der Waals surface area contributed by atoms with Gasteiger partial charge in [-0.15, -0.1) is 0 Å². The van der Waals surface area contributed by atoms with E-state index >= 15 is 0 Å². The third-order valence-electron chi connectivity index (χ3n) is 3.49. The van der Waals surface area contributed by atoms with E-state index in [2.05, 4.69) is 10.2 Å². The maximum atomic E-state index is 11.0. The largest absolute Gasteiger partial charge is 0.387 e. The Bertz CT molecular complexity index is 245. The lowest BCUT2D eigenvalue weighted by atomic mass is 9.88. The average Bonchev–Trinajstić information content (AvgIpc) is 2.97. The van der Waals surface area contributed by atoms with Crippen LogP contribution in [-0.2, 0) is 4.79 Å². The highest BCUT2D eigenvalue weighted by atomic mass is 16.3. The number of likely N-dealkylation sites (tertiary alicyclic amines) is 1. The molecule has 0 aromatic carbocycles. The molecule has 0 atom stereocenters. The van der Waals surface area contributed by atoms with Crippen molar-refractivity contribution in [1.82, 2.24) is 10.2 Å². The Balaban J connectivity index is 1.57.